The first-order chi connectivity index (χ1) is 14.8. The van der Waals surface area contributed by atoms with Crippen molar-refractivity contribution in [3.05, 3.63) is 71.8 Å². The first-order valence-electron chi connectivity index (χ1n) is 12.6. The van der Waals surface area contributed by atoms with Crippen molar-refractivity contribution in [2.24, 2.45) is 17.8 Å². The lowest BCUT2D eigenvalue weighted by molar-refractivity contribution is 0.114. The van der Waals surface area contributed by atoms with Crippen molar-refractivity contribution >= 4 is 0 Å². The van der Waals surface area contributed by atoms with E-state index in [-0.39, 0.29) is 0 Å². The maximum absolute atomic E-state index is 2.42. The van der Waals surface area contributed by atoms with E-state index >= 15 is 0 Å². The Kier molecular flexibility index (Phi) is 7.47. The zero-order chi connectivity index (χ0) is 20.8. The second-order valence-corrected chi connectivity index (χ2v) is 9.92. The van der Waals surface area contributed by atoms with Crippen LogP contribution in [0.4, 0.5) is 0 Å². The maximum Gasteiger partial charge on any atom is -0.0159 e. The minimum Gasteiger partial charge on any atom is -0.0917 e. The van der Waals surface area contributed by atoms with Gasteiger partial charge in [-0.25, -0.2) is 0 Å². The Balaban J connectivity index is 1.35. The van der Waals surface area contributed by atoms with Crippen molar-refractivity contribution in [1.29, 1.82) is 0 Å². The highest BCUT2D eigenvalue weighted by Crippen LogP contribution is 2.48. The first-order valence-corrected chi connectivity index (χ1v) is 12.6. The van der Waals surface area contributed by atoms with E-state index in [2.05, 4.69) is 74.5 Å². The van der Waals surface area contributed by atoms with Crippen LogP contribution >= 0.6 is 0 Å². The van der Waals surface area contributed by atoms with Gasteiger partial charge < -0.3 is 0 Å². The number of hydrogen-bond donors (Lipinski definition) is 0. The molecule has 0 amide bonds. The van der Waals surface area contributed by atoms with E-state index in [0.29, 0.717) is 0 Å². The van der Waals surface area contributed by atoms with E-state index in [1.54, 1.807) is 5.56 Å². The molecule has 0 N–H and O–H groups in total. The predicted octanol–water partition coefficient (Wildman–Crippen LogP) is 8.96. The molecular formula is C30H40. The van der Waals surface area contributed by atoms with Crippen molar-refractivity contribution in [1.82, 2.24) is 0 Å². The molecule has 0 heteroatoms. The quantitative estimate of drug-likeness (QED) is 0.407. The topological polar surface area (TPSA) is 0 Å². The second kappa shape index (κ2) is 10.5. The molecule has 4 atom stereocenters. The second-order valence-electron chi connectivity index (χ2n) is 9.92. The molecule has 30 heavy (non-hydrogen) atoms. The highest BCUT2D eigenvalue weighted by molar-refractivity contribution is 5.64. The average Bonchev–Trinajstić information content (AvgIpc) is 2.80. The largest absolute Gasteiger partial charge is 0.0917 e. The molecule has 4 rings (SSSR count). The van der Waals surface area contributed by atoms with E-state index < -0.39 is 0 Å². The summed E-state index contributed by atoms with van der Waals surface area (Å²) in [4.78, 5) is 0. The Morgan fingerprint density at radius 1 is 0.800 bits per heavy atom. The summed E-state index contributed by atoms with van der Waals surface area (Å²) in [6.45, 7) is 4.45. The average molecular weight is 401 g/mol. The normalized spacial score (nSPS) is 26.6. The monoisotopic (exact) mass is 400 g/mol. The third kappa shape index (κ3) is 5.26. The van der Waals surface area contributed by atoms with Crippen molar-refractivity contribution in [3.8, 4) is 11.1 Å². The molecular weight excluding hydrogens is 360 g/mol. The van der Waals surface area contributed by atoms with E-state index in [1.807, 2.05) is 0 Å². The Bertz CT molecular complexity index is 795. The van der Waals surface area contributed by atoms with Gasteiger partial charge in [0.1, 0.15) is 0 Å². The number of aryl methyl sites for hydroxylation is 1. The highest BCUT2D eigenvalue weighted by Gasteiger charge is 2.35. The number of benzene rings is 2. The van der Waals surface area contributed by atoms with Crippen molar-refractivity contribution in [2.75, 3.05) is 0 Å². The molecule has 2 aliphatic carbocycles. The summed E-state index contributed by atoms with van der Waals surface area (Å²) < 4.78 is 0. The minimum absolute atomic E-state index is 0.789. The smallest absolute Gasteiger partial charge is 0.0159 e. The van der Waals surface area contributed by atoms with Gasteiger partial charge in [0, 0.05) is 0 Å². The fraction of sp³-hybridized carbons (Fsp3) is 0.533. The first kappa shape index (κ1) is 21.4. The van der Waals surface area contributed by atoms with Crippen LogP contribution in [-0.2, 0) is 6.42 Å². The highest BCUT2D eigenvalue weighted by atomic mass is 14.4. The van der Waals surface area contributed by atoms with Gasteiger partial charge in [0.15, 0.2) is 0 Å². The minimum atomic E-state index is 0.789. The Hall–Kier alpha value is -1.82. The Labute approximate surface area is 184 Å². The van der Waals surface area contributed by atoms with Gasteiger partial charge in [-0.1, -0.05) is 86.9 Å². The van der Waals surface area contributed by atoms with Gasteiger partial charge in [0.2, 0.25) is 0 Å². The standard InChI is InChI=1S/C30H40/c1-3-5-6-8-23-9-12-25(13-10-23)26-15-17-27(18-16-26)29-20-19-28-21-24(7-4-2)11-14-30(28)22-29/h3,5,9-10,12-13,15-18,24,28-30H,4,6-8,11,14,19-22H2,1-2H3. The summed E-state index contributed by atoms with van der Waals surface area (Å²) in [5.41, 5.74) is 5.71. The zero-order valence-electron chi connectivity index (χ0n) is 19.2. The van der Waals surface area contributed by atoms with Crippen molar-refractivity contribution in [3.63, 3.8) is 0 Å². The molecule has 2 aliphatic rings. The van der Waals surface area contributed by atoms with Gasteiger partial charge in [-0.15, -0.1) is 0 Å². The van der Waals surface area contributed by atoms with Gasteiger partial charge >= 0.3 is 0 Å². The van der Waals surface area contributed by atoms with Crippen LogP contribution in [-0.4, -0.2) is 0 Å². The van der Waals surface area contributed by atoms with Crippen molar-refractivity contribution < 1.29 is 0 Å². The molecule has 0 radical (unpaired) electrons. The number of rotatable bonds is 7. The molecule has 0 aromatic heterocycles. The van der Waals surface area contributed by atoms with E-state index in [9.17, 15) is 0 Å². The fourth-order valence-electron chi connectivity index (χ4n) is 6.19. The molecule has 2 fully saturated rings. The van der Waals surface area contributed by atoms with Gasteiger partial charge in [-0.2, -0.15) is 0 Å². The van der Waals surface area contributed by atoms with Gasteiger partial charge in [-0.3, -0.25) is 0 Å². The number of allylic oxidation sites excluding steroid dienone is 2. The van der Waals surface area contributed by atoms with Gasteiger partial charge in [0.25, 0.3) is 0 Å². The van der Waals surface area contributed by atoms with Crippen LogP contribution < -0.4 is 0 Å². The lowest BCUT2D eigenvalue weighted by Gasteiger charge is -2.42. The van der Waals surface area contributed by atoms with Crippen LogP contribution in [0, 0.1) is 17.8 Å². The fourth-order valence-corrected chi connectivity index (χ4v) is 6.19. The molecule has 2 saturated carbocycles. The predicted molar refractivity (Wildman–Crippen MR) is 131 cm³/mol. The molecule has 2 aromatic rings. The molecule has 0 aliphatic heterocycles. The molecule has 0 spiro atoms. The van der Waals surface area contributed by atoms with Gasteiger partial charge in [0.05, 0.1) is 0 Å². The molecule has 0 heterocycles. The SMILES string of the molecule is CC=CCCc1ccc(-c2ccc(C3CCC4CC(CCC)CCC4C3)cc2)cc1. The third-order valence-corrected chi connectivity index (χ3v) is 7.92. The van der Waals surface area contributed by atoms with Crippen molar-refractivity contribution in [2.45, 2.75) is 84.0 Å². The summed E-state index contributed by atoms with van der Waals surface area (Å²) in [6.07, 6.45) is 18.3. The van der Waals surface area contributed by atoms with Crippen LogP contribution in [0.3, 0.4) is 0 Å². The van der Waals surface area contributed by atoms with Crippen LogP contribution in [0.5, 0.6) is 0 Å². The Morgan fingerprint density at radius 2 is 1.47 bits per heavy atom. The van der Waals surface area contributed by atoms with Crippen LogP contribution in [0.2, 0.25) is 0 Å². The lowest BCUT2D eigenvalue weighted by Crippen LogP contribution is -2.30. The van der Waals surface area contributed by atoms with Gasteiger partial charge in [-0.05, 0) is 97.8 Å². The number of fused-ring (bicyclic) bond motifs is 1. The molecule has 4 unspecified atom stereocenters. The number of hydrogen-bond acceptors (Lipinski definition) is 0. The Morgan fingerprint density at radius 3 is 2.17 bits per heavy atom. The molecule has 0 bridgehead atoms. The summed E-state index contributed by atoms with van der Waals surface area (Å²) in [7, 11) is 0. The maximum atomic E-state index is 2.42. The molecule has 0 nitrogen and oxygen atoms in total. The van der Waals surface area contributed by atoms with Crippen LogP contribution in [0.1, 0.15) is 88.7 Å². The van der Waals surface area contributed by atoms with Crippen LogP contribution in [0.25, 0.3) is 11.1 Å². The molecule has 160 valence electrons. The molecule has 0 saturated heterocycles. The third-order valence-electron chi connectivity index (χ3n) is 7.92. The molecule has 2 aromatic carbocycles. The summed E-state index contributed by atoms with van der Waals surface area (Å²) >= 11 is 0. The van der Waals surface area contributed by atoms with E-state index in [4.69, 9.17) is 0 Å². The van der Waals surface area contributed by atoms with Crippen LogP contribution in [0.15, 0.2) is 60.7 Å². The summed E-state index contributed by atoms with van der Waals surface area (Å²) in [5.74, 6) is 3.84. The van der Waals surface area contributed by atoms with E-state index in [1.165, 1.54) is 68.1 Å². The summed E-state index contributed by atoms with van der Waals surface area (Å²) in [6, 6.07) is 18.7. The summed E-state index contributed by atoms with van der Waals surface area (Å²) in [5, 5.41) is 0. The van der Waals surface area contributed by atoms with E-state index in [0.717, 1.165) is 36.5 Å². The zero-order valence-corrected chi connectivity index (χ0v) is 19.2. The lowest BCUT2D eigenvalue weighted by atomic mass is 9.63.